The second kappa shape index (κ2) is 7.62. The Morgan fingerprint density at radius 2 is 1.97 bits per heavy atom. The number of methoxy groups -OCH3 is 1. The Kier molecular flexibility index (Phi) is 4.97. The Balaban J connectivity index is 1.58. The van der Waals surface area contributed by atoms with E-state index >= 15 is 0 Å². The molecule has 2 aliphatic rings. The molecule has 172 valence electrons. The molecule has 5 rings (SSSR count). The zero-order valence-electron chi connectivity index (χ0n) is 18.7. The fraction of sp³-hybridized carbons (Fsp3) is 0.333. The predicted octanol–water partition coefficient (Wildman–Crippen LogP) is 4.37. The highest BCUT2D eigenvalue weighted by molar-refractivity contribution is 7.92. The van der Waals surface area contributed by atoms with Crippen molar-refractivity contribution in [3.05, 3.63) is 70.4 Å². The van der Waals surface area contributed by atoms with Crippen molar-refractivity contribution in [1.82, 2.24) is 9.72 Å². The van der Waals surface area contributed by atoms with Crippen LogP contribution < -0.4 is 10.3 Å². The fourth-order valence-corrected chi connectivity index (χ4v) is 5.64. The highest BCUT2D eigenvalue weighted by atomic mass is 32.2. The third-order valence-corrected chi connectivity index (χ3v) is 7.91. The molecule has 9 heteroatoms. The number of rotatable bonds is 6. The van der Waals surface area contributed by atoms with Gasteiger partial charge in [-0.1, -0.05) is 24.6 Å². The van der Waals surface area contributed by atoms with E-state index in [1.165, 1.54) is 42.5 Å². The summed E-state index contributed by atoms with van der Waals surface area (Å²) < 4.78 is 39.9. The molecule has 1 saturated carbocycles. The van der Waals surface area contributed by atoms with E-state index in [-0.39, 0.29) is 16.3 Å². The summed E-state index contributed by atoms with van der Waals surface area (Å²) in [6, 6.07) is 9.17. The molecule has 0 amide bonds. The molecular weight excluding hydrogens is 442 g/mol. The quantitative estimate of drug-likeness (QED) is 0.577. The van der Waals surface area contributed by atoms with Crippen molar-refractivity contribution in [2.24, 2.45) is 11.3 Å². The molecule has 1 unspecified atom stereocenters. The van der Waals surface area contributed by atoms with Gasteiger partial charge in [0.05, 0.1) is 23.2 Å². The van der Waals surface area contributed by atoms with Crippen molar-refractivity contribution >= 4 is 32.4 Å². The van der Waals surface area contributed by atoms with Gasteiger partial charge in [-0.3, -0.25) is 14.1 Å². The Labute approximate surface area is 191 Å². The van der Waals surface area contributed by atoms with Crippen LogP contribution in [0.2, 0.25) is 0 Å². The number of fused-ring (bicyclic) bond motifs is 1. The first-order valence-corrected chi connectivity index (χ1v) is 12.2. The molecule has 1 atom stereocenters. The van der Waals surface area contributed by atoms with Crippen LogP contribution >= 0.6 is 0 Å². The molecule has 0 spiro atoms. The van der Waals surface area contributed by atoms with Gasteiger partial charge in [-0.15, -0.1) is 0 Å². The maximum atomic E-state index is 12.9. The summed E-state index contributed by atoms with van der Waals surface area (Å²) in [4.78, 5) is 13.0. The number of nitrogens with one attached hydrogen (secondary N) is 1. The van der Waals surface area contributed by atoms with Crippen molar-refractivity contribution in [1.29, 1.82) is 0 Å². The molecule has 0 bridgehead atoms. The number of hydrogen-bond acceptors (Lipinski definition) is 6. The number of sulfonamides is 1. The maximum Gasteiger partial charge on any atom is 0.263 e. The number of anilines is 1. The summed E-state index contributed by atoms with van der Waals surface area (Å²) in [6.07, 6.45) is 6.07. The topological polar surface area (TPSA) is 103 Å². The van der Waals surface area contributed by atoms with Crippen molar-refractivity contribution in [3.63, 3.8) is 0 Å². The molecule has 0 aliphatic heterocycles. The average molecular weight is 468 g/mol. The zero-order valence-corrected chi connectivity index (χ0v) is 19.5. The molecule has 0 radical (unpaired) electrons. The number of pyridine rings is 1. The highest BCUT2D eigenvalue weighted by Gasteiger charge is 2.47. The second-order valence-electron chi connectivity index (χ2n) is 9.20. The van der Waals surface area contributed by atoms with Crippen LogP contribution in [-0.2, 0) is 14.8 Å². The lowest BCUT2D eigenvalue weighted by Crippen LogP contribution is -2.22. The minimum absolute atomic E-state index is 0.0611. The van der Waals surface area contributed by atoms with E-state index in [2.05, 4.69) is 34.3 Å². The van der Waals surface area contributed by atoms with Gasteiger partial charge >= 0.3 is 0 Å². The van der Waals surface area contributed by atoms with Gasteiger partial charge in [0.1, 0.15) is 12.0 Å². The van der Waals surface area contributed by atoms with E-state index in [1.807, 2.05) is 0 Å². The van der Waals surface area contributed by atoms with Gasteiger partial charge in [0, 0.05) is 17.5 Å². The van der Waals surface area contributed by atoms with E-state index in [1.54, 1.807) is 23.8 Å². The van der Waals surface area contributed by atoms with Crippen molar-refractivity contribution in [2.45, 2.75) is 38.0 Å². The van der Waals surface area contributed by atoms with Crippen LogP contribution in [0.4, 0.5) is 5.82 Å². The summed E-state index contributed by atoms with van der Waals surface area (Å²) in [5, 5.41) is 4.21. The third kappa shape index (κ3) is 3.86. The number of ether oxygens (including phenoxy) is 1. The first-order valence-electron chi connectivity index (χ1n) is 10.8. The van der Waals surface area contributed by atoms with Crippen LogP contribution in [-0.4, -0.2) is 25.3 Å². The van der Waals surface area contributed by atoms with E-state index in [0.717, 1.165) is 12.1 Å². The van der Waals surface area contributed by atoms with Crippen molar-refractivity contribution in [2.75, 3.05) is 11.8 Å². The lowest BCUT2D eigenvalue weighted by atomic mass is 9.93. The average Bonchev–Trinajstić information content (AvgIpc) is 3.15. The molecule has 2 heterocycles. The van der Waals surface area contributed by atoms with E-state index in [4.69, 9.17) is 4.74 Å². The van der Waals surface area contributed by atoms with Crippen LogP contribution in [0.5, 0.6) is 0 Å². The molecule has 0 saturated heterocycles. The summed E-state index contributed by atoms with van der Waals surface area (Å²) in [6.45, 7) is 4.53. The molecule has 2 aliphatic carbocycles. The predicted molar refractivity (Wildman–Crippen MR) is 125 cm³/mol. The Hall–Kier alpha value is -3.33. The summed E-state index contributed by atoms with van der Waals surface area (Å²) in [5.74, 6) is 1.33. The smallest absolute Gasteiger partial charge is 0.263 e. The van der Waals surface area contributed by atoms with Gasteiger partial charge in [-0.05, 0) is 60.9 Å². The Morgan fingerprint density at radius 1 is 1.18 bits per heavy atom. The molecule has 1 fully saturated rings. The SMILES string of the molecule is COC1=C(n2c(=O)ccc3cc(S(=O)(=O)Nc4ccon4)ccc32)CCC(C2CC2(C)C)=C1. The molecule has 1 aromatic carbocycles. The summed E-state index contributed by atoms with van der Waals surface area (Å²) in [7, 11) is -2.25. The van der Waals surface area contributed by atoms with E-state index in [0.29, 0.717) is 34.4 Å². The van der Waals surface area contributed by atoms with Gasteiger partial charge in [-0.2, -0.15) is 0 Å². The number of nitrogens with zero attached hydrogens (tertiary/aromatic N) is 2. The van der Waals surface area contributed by atoms with E-state index < -0.39 is 10.0 Å². The van der Waals surface area contributed by atoms with Gasteiger partial charge in [0.25, 0.3) is 15.6 Å². The molecule has 2 aromatic heterocycles. The molecule has 8 nitrogen and oxygen atoms in total. The van der Waals surface area contributed by atoms with Gasteiger partial charge in [-0.25, -0.2) is 8.42 Å². The van der Waals surface area contributed by atoms with Crippen molar-refractivity contribution in [3.8, 4) is 0 Å². The van der Waals surface area contributed by atoms with Crippen LogP contribution in [0.3, 0.4) is 0 Å². The minimum Gasteiger partial charge on any atom is -0.495 e. The zero-order chi connectivity index (χ0) is 23.4. The molecule has 1 N–H and O–H groups in total. The van der Waals surface area contributed by atoms with Crippen LogP contribution in [0.25, 0.3) is 16.6 Å². The van der Waals surface area contributed by atoms with Crippen molar-refractivity contribution < 1.29 is 17.7 Å². The minimum atomic E-state index is -3.87. The monoisotopic (exact) mass is 467 g/mol. The molecule has 33 heavy (non-hydrogen) atoms. The highest BCUT2D eigenvalue weighted by Crippen LogP contribution is 2.57. The maximum absolute atomic E-state index is 12.9. The van der Waals surface area contributed by atoms with Crippen LogP contribution in [0, 0.1) is 11.3 Å². The summed E-state index contributed by atoms with van der Waals surface area (Å²) in [5.41, 5.74) is 2.90. The van der Waals surface area contributed by atoms with Gasteiger partial charge in [0.15, 0.2) is 5.82 Å². The Morgan fingerprint density at radius 3 is 2.64 bits per heavy atom. The van der Waals surface area contributed by atoms with E-state index in [9.17, 15) is 13.2 Å². The number of hydrogen-bond donors (Lipinski definition) is 1. The van der Waals surface area contributed by atoms with Gasteiger partial charge in [0.2, 0.25) is 0 Å². The van der Waals surface area contributed by atoms with Crippen LogP contribution in [0.1, 0.15) is 33.1 Å². The largest absolute Gasteiger partial charge is 0.495 e. The van der Waals surface area contributed by atoms with Gasteiger partial charge < -0.3 is 9.26 Å². The fourth-order valence-electron chi connectivity index (χ4n) is 4.61. The first kappa shape index (κ1) is 21.5. The second-order valence-corrected chi connectivity index (χ2v) is 10.9. The number of benzene rings is 1. The first-order chi connectivity index (χ1) is 15.7. The summed E-state index contributed by atoms with van der Waals surface area (Å²) >= 11 is 0. The van der Waals surface area contributed by atoms with Crippen LogP contribution in [0.15, 0.2) is 74.3 Å². The third-order valence-electron chi connectivity index (χ3n) is 6.56. The Bertz CT molecular complexity index is 1460. The normalized spacial score (nSPS) is 20.0. The molecular formula is C24H25N3O5S. The lowest BCUT2D eigenvalue weighted by Gasteiger charge is -2.23. The number of allylic oxidation sites excluding steroid dienone is 3. The lowest BCUT2D eigenvalue weighted by molar-refractivity contribution is 0.303. The molecule has 3 aromatic rings. The number of aromatic nitrogens is 2. The standard InChI is InChI=1S/C24H25N3O5S/c1-24(2)14-18(24)15-4-7-20(21(13-15)31-3)27-19-8-6-17(12-16(19)5-9-23(27)28)33(29,30)26-22-10-11-32-25-22/h5-6,8-13,18H,4,7,14H2,1-3H3,(H,25,26).